The van der Waals surface area contributed by atoms with Crippen LogP contribution >= 0.6 is 0 Å². The number of hydrogen-bond acceptors (Lipinski definition) is 5. The number of urea groups is 1. The van der Waals surface area contributed by atoms with E-state index in [-0.39, 0.29) is 6.03 Å². The highest BCUT2D eigenvalue weighted by Gasteiger charge is 2.17. The number of nitrogens with zero attached hydrogens (tertiary/aromatic N) is 3. The van der Waals surface area contributed by atoms with Crippen molar-refractivity contribution in [1.29, 1.82) is 0 Å². The van der Waals surface area contributed by atoms with Crippen LogP contribution in [0.25, 0.3) is 22.1 Å². The Morgan fingerprint density at radius 1 is 1.19 bits per heavy atom. The van der Waals surface area contributed by atoms with Crippen molar-refractivity contribution in [3.8, 4) is 11.1 Å². The number of nitrogens with one attached hydrogen (secondary N) is 1. The fourth-order valence-electron chi connectivity index (χ4n) is 3.11. The van der Waals surface area contributed by atoms with Crippen molar-refractivity contribution in [2.75, 3.05) is 31.6 Å². The van der Waals surface area contributed by atoms with Crippen LogP contribution in [0.5, 0.6) is 0 Å². The van der Waals surface area contributed by atoms with Gasteiger partial charge in [0.15, 0.2) is 5.58 Å². The molecule has 0 radical (unpaired) electrons. The average Bonchev–Trinajstić information content (AvgIpc) is 3.02. The van der Waals surface area contributed by atoms with Gasteiger partial charge in [-0.2, -0.15) is 0 Å². The maximum atomic E-state index is 12.2. The quantitative estimate of drug-likeness (QED) is 0.765. The highest BCUT2D eigenvalue weighted by Crippen LogP contribution is 2.29. The Bertz CT molecular complexity index is 943. The topological polar surface area (TPSA) is 80.5 Å². The summed E-state index contributed by atoms with van der Waals surface area (Å²) in [4.78, 5) is 18.3. The lowest BCUT2D eigenvalue weighted by Gasteiger charge is -2.26. The van der Waals surface area contributed by atoms with E-state index in [2.05, 4.69) is 28.4 Å². The summed E-state index contributed by atoms with van der Waals surface area (Å²) >= 11 is 0. The Morgan fingerprint density at radius 3 is 2.73 bits per heavy atom. The number of benzene rings is 1. The van der Waals surface area contributed by atoms with Gasteiger partial charge in [0.25, 0.3) is 0 Å². The summed E-state index contributed by atoms with van der Waals surface area (Å²) in [5.41, 5.74) is 4.76. The van der Waals surface area contributed by atoms with Crippen LogP contribution in [-0.4, -0.2) is 47.4 Å². The minimum Gasteiger partial charge on any atom is -0.378 e. The largest absolute Gasteiger partial charge is 0.378 e. The fraction of sp³-hybridized carbons (Fsp3) is 0.316. The van der Waals surface area contributed by atoms with Gasteiger partial charge in [0.1, 0.15) is 5.82 Å². The van der Waals surface area contributed by atoms with Crippen LogP contribution in [0, 0.1) is 13.8 Å². The molecule has 0 aliphatic carbocycles. The zero-order valence-electron chi connectivity index (χ0n) is 14.8. The number of aromatic nitrogens is 2. The second-order valence-corrected chi connectivity index (χ2v) is 6.39. The molecule has 0 unspecified atom stereocenters. The third kappa shape index (κ3) is 3.13. The van der Waals surface area contributed by atoms with Gasteiger partial charge in [-0.25, -0.2) is 9.78 Å². The van der Waals surface area contributed by atoms with Crippen LogP contribution in [-0.2, 0) is 4.74 Å². The number of carbonyl (C=O) groups excluding carboxylic acids is 1. The molecule has 3 heterocycles. The van der Waals surface area contributed by atoms with Crippen molar-refractivity contribution in [3.63, 3.8) is 0 Å². The molecule has 3 aromatic rings. The van der Waals surface area contributed by atoms with E-state index in [1.165, 1.54) is 0 Å². The second kappa shape index (κ2) is 6.76. The summed E-state index contributed by atoms with van der Waals surface area (Å²) < 4.78 is 10.6. The molecule has 26 heavy (non-hydrogen) atoms. The molecule has 1 aromatic carbocycles. The lowest BCUT2D eigenvalue weighted by molar-refractivity contribution is 0.0564. The normalized spacial score (nSPS) is 14.6. The molecule has 7 heteroatoms. The molecule has 0 saturated carbocycles. The van der Waals surface area contributed by atoms with Gasteiger partial charge in [0.2, 0.25) is 0 Å². The van der Waals surface area contributed by atoms with E-state index in [1.807, 2.05) is 25.1 Å². The number of amides is 2. The van der Waals surface area contributed by atoms with Crippen molar-refractivity contribution in [1.82, 2.24) is 15.0 Å². The smallest absolute Gasteiger partial charge is 0.323 e. The zero-order chi connectivity index (χ0) is 18.1. The van der Waals surface area contributed by atoms with Crippen molar-refractivity contribution in [2.24, 2.45) is 0 Å². The van der Waals surface area contributed by atoms with Gasteiger partial charge in [-0.05, 0) is 49.2 Å². The van der Waals surface area contributed by atoms with Gasteiger partial charge < -0.3 is 14.2 Å². The van der Waals surface area contributed by atoms with Crippen LogP contribution in [0.15, 0.2) is 35.0 Å². The molecule has 0 spiro atoms. The van der Waals surface area contributed by atoms with Gasteiger partial charge in [-0.15, -0.1) is 0 Å². The SMILES string of the molecule is Cc1cc2c(C)noc2cc1-c1ccc(NC(=O)N2CCOCC2)nc1. The Hall–Kier alpha value is -2.93. The first-order chi connectivity index (χ1) is 12.6. The Morgan fingerprint density at radius 2 is 2.00 bits per heavy atom. The summed E-state index contributed by atoms with van der Waals surface area (Å²) in [6.07, 6.45) is 1.76. The third-order valence-electron chi connectivity index (χ3n) is 4.61. The van der Waals surface area contributed by atoms with Gasteiger partial charge in [-0.1, -0.05) is 5.16 Å². The monoisotopic (exact) mass is 352 g/mol. The van der Waals surface area contributed by atoms with Crippen molar-refractivity contribution >= 4 is 22.8 Å². The van der Waals surface area contributed by atoms with Gasteiger partial charge in [0.05, 0.1) is 18.9 Å². The van der Waals surface area contributed by atoms with E-state index in [0.29, 0.717) is 32.1 Å². The number of rotatable bonds is 2. The maximum absolute atomic E-state index is 12.2. The Balaban J connectivity index is 1.54. The van der Waals surface area contributed by atoms with E-state index < -0.39 is 0 Å². The lowest BCUT2D eigenvalue weighted by Crippen LogP contribution is -2.43. The molecular formula is C19H20N4O3. The van der Waals surface area contributed by atoms with Gasteiger partial charge >= 0.3 is 6.03 Å². The highest BCUT2D eigenvalue weighted by molar-refractivity contribution is 5.89. The predicted octanol–water partition coefficient (Wildman–Crippen LogP) is 3.37. The molecular weight excluding hydrogens is 332 g/mol. The van der Waals surface area contributed by atoms with Crippen molar-refractivity contribution < 1.29 is 14.1 Å². The first-order valence-electron chi connectivity index (χ1n) is 8.58. The molecule has 1 aliphatic heterocycles. The fourth-order valence-corrected chi connectivity index (χ4v) is 3.11. The van der Waals surface area contributed by atoms with Crippen LogP contribution in [0.2, 0.25) is 0 Å². The number of pyridine rings is 1. The molecule has 1 saturated heterocycles. The number of aryl methyl sites for hydroxylation is 2. The number of carbonyl (C=O) groups is 1. The molecule has 2 aromatic heterocycles. The molecule has 134 valence electrons. The molecule has 0 bridgehead atoms. The van der Waals surface area contributed by atoms with E-state index in [1.54, 1.807) is 11.1 Å². The number of fused-ring (bicyclic) bond motifs is 1. The Kier molecular flexibility index (Phi) is 4.30. The van der Waals surface area contributed by atoms with Crippen LogP contribution in [0.1, 0.15) is 11.3 Å². The second-order valence-electron chi connectivity index (χ2n) is 6.39. The number of ether oxygens (including phenoxy) is 1. The molecule has 2 amide bonds. The molecule has 1 aliphatic rings. The first-order valence-corrected chi connectivity index (χ1v) is 8.58. The Labute approximate surface area is 150 Å². The number of anilines is 1. The summed E-state index contributed by atoms with van der Waals surface area (Å²) in [5.74, 6) is 0.527. The molecule has 1 N–H and O–H groups in total. The number of morpholine rings is 1. The standard InChI is InChI=1S/C19H20N4O3/c1-12-9-16-13(2)22-26-17(16)10-15(12)14-3-4-18(20-11-14)21-19(24)23-5-7-25-8-6-23/h3-4,9-11H,5-8H2,1-2H3,(H,20,21,24). The van der Waals surface area contributed by atoms with E-state index >= 15 is 0 Å². The van der Waals surface area contributed by atoms with E-state index in [4.69, 9.17) is 9.26 Å². The van der Waals surface area contributed by atoms with Crippen LogP contribution < -0.4 is 5.32 Å². The van der Waals surface area contributed by atoms with Crippen LogP contribution in [0.3, 0.4) is 0 Å². The summed E-state index contributed by atoms with van der Waals surface area (Å²) in [6, 6.07) is 7.66. The van der Waals surface area contributed by atoms with Crippen molar-refractivity contribution in [2.45, 2.75) is 13.8 Å². The third-order valence-corrected chi connectivity index (χ3v) is 4.61. The minimum atomic E-state index is -0.150. The van der Waals surface area contributed by atoms with E-state index in [0.717, 1.165) is 33.4 Å². The predicted molar refractivity (Wildman–Crippen MR) is 98.1 cm³/mol. The molecule has 0 atom stereocenters. The minimum absolute atomic E-state index is 0.150. The van der Waals surface area contributed by atoms with Crippen LogP contribution in [0.4, 0.5) is 10.6 Å². The van der Waals surface area contributed by atoms with Gasteiger partial charge in [-0.3, -0.25) is 5.32 Å². The highest BCUT2D eigenvalue weighted by atomic mass is 16.5. The summed E-state index contributed by atoms with van der Waals surface area (Å²) in [7, 11) is 0. The summed E-state index contributed by atoms with van der Waals surface area (Å²) in [6.45, 7) is 6.32. The maximum Gasteiger partial charge on any atom is 0.323 e. The summed E-state index contributed by atoms with van der Waals surface area (Å²) in [5, 5.41) is 7.86. The first kappa shape index (κ1) is 16.5. The zero-order valence-corrected chi connectivity index (χ0v) is 14.8. The molecule has 7 nitrogen and oxygen atoms in total. The average molecular weight is 352 g/mol. The van der Waals surface area contributed by atoms with Crippen molar-refractivity contribution in [3.05, 3.63) is 41.7 Å². The molecule has 1 fully saturated rings. The van der Waals surface area contributed by atoms with E-state index in [9.17, 15) is 4.79 Å². The molecule has 4 rings (SSSR count). The number of hydrogen-bond donors (Lipinski definition) is 1. The van der Waals surface area contributed by atoms with Gasteiger partial charge in [0, 0.05) is 30.2 Å². The lowest BCUT2D eigenvalue weighted by atomic mass is 10.00.